The molecule has 2 aromatic heterocycles. The van der Waals surface area contributed by atoms with Crippen LogP contribution in [0, 0.1) is 11.3 Å². The normalized spacial score (nSPS) is 13.7. The number of hydrogen-bond acceptors (Lipinski definition) is 4. The Morgan fingerprint density at radius 3 is 2.78 bits per heavy atom. The number of aromatic nitrogens is 2. The fourth-order valence-electron chi connectivity index (χ4n) is 3.18. The van der Waals surface area contributed by atoms with Crippen LogP contribution >= 0.6 is 11.3 Å². The predicted octanol–water partition coefficient (Wildman–Crippen LogP) is 3.26. The monoisotopic (exact) mass is 321 g/mol. The molecule has 0 saturated carbocycles. The molecule has 2 heterocycles. The molecule has 0 atom stereocenters. The molecule has 0 spiro atoms. The van der Waals surface area contributed by atoms with Gasteiger partial charge in [-0.1, -0.05) is 12.1 Å². The molecule has 3 aromatic rings. The molecule has 114 valence electrons. The largest absolute Gasteiger partial charge is 0.294 e. The Kier molecular flexibility index (Phi) is 3.47. The van der Waals surface area contributed by atoms with Gasteiger partial charge in [-0.15, -0.1) is 11.3 Å². The molecular weight excluding hydrogens is 306 g/mol. The standard InChI is InChI=1S/C18H15N3OS/c19-9-12-5-7-13(8-6-12)10-21-11-20-17-16(18(21)22)14-3-1-2-4-15(14)23-17/h5-8,11H,1-4,10H2. The third-order valence-corrected chi connectivity index (χ3v) is 5.58. The van der Waals surface area contributed by atoms with E-state index in [1.54, 1.807) is 34.4 Å². The van der Waals surface area contributed by atoms with Gasteiger partial charge in [0.25, 0.3) is 5.56 Å². The molecule has 0 saturated heterocycles. The van der Waals surface area contributed by atoms with Crippen LogP contribution in [0.4, 0.5) is 0 Å². The third kappa shape index (κ3) is 2.45. The van der Waals surface area contributed by atoms with Gasteiger partial charge in [-0.05, 0) is 48.9 Å². The molecule has 0 N–H and O–H groups in total. The lowest BCUT2D eigenvalue weighted by atomic mass is 9.97. The Balaban J connectivity index is 1.77. The van der Waals surface area contributed by atoms with Crippen molar-refractivity contribution in [3.05, 3.63) is 62.5 Å². The first-order chi connectivity index (χ1) is 11.3. The van der Waals surface area contributed by atoms with Crippen LogP contribution in [0.25, 0.3) is 10.2 Å². The summed E-state index contributed by atoms with van der Waals surface area (Å²) in [5.74, 6) is 0. The Bertz CT molecular complexity index is 976. The van der Waals surface area contributed by atoms with E-state index in [1.807, 2.05) is 12.1 Å². The van der Waals surface area contributed by atoms with E-state index in [-0.39, 0.29) is 5.56 Å². The van der Waals surface area contributed by atoms with Gasteiger partial charge in [0.15, 0.2) is 0 Å². The first kappa shape index (κ1) is 14.2. The highest BCUT2D eigenvalue weighted by atomic mass is 32.1. The summed E-state index contributed by atoms with van der Waals surface area (Å²) in [4.78, 5) is 19.6. The van der Waals surface area contributed by atoms with Crippen molar-refractivity contribution < 1.29 is 0 Å². The number of nitriles is 1. The van der Waals surface area contributed by atoms with E-state index in [0.29, 0.717) is 12.1 Å². The minimum Gasteiger partial charge on any atom is -0.294 e. The summed E-state index contributed by atoms with van der Waals surface area (Å²) in [6.07, 6.45) is 6.07. The zero-order chi connectivity index (χ0) is 15.8. The average Bonchev–Trinajstić information content (AvgIpc) is 2.97. The van der Waals surface area contributed by atoms with Crippen LogP contribution in [-0.2, 0) is 19.4 Å². The molecule has 0 amide bonds. The second-order valence-corrected chi connectivity index (χ2v) is 6.96. The summed E-state index contributed by atoms with van der Waals surface area (Å²) in [6, 6.07) is 9.43. The molecule has 4 nitrogen and oxygen atoms in total. The summed E-state index contributed by atoms with van der Waals surface area (Å²) >= 11 is 1.67. The molecular formula is C18H15N3OS. The number of benzene rings is 1. The zero-order valence-electron chi connectivity index (χ0n) is 12.6. The second-order valence-electron chi connectivity index (χ2n) is 5.88. The minimum absolute atomic E-state index is 0.0544. The summed E-state index contributed by atoms with van der Waals surface area (Å²) < 4.78 is 1.67. The van der Waals surface area contributed by atoms with Crippen LogP contribution in [0.5, 0.6) is 0 Å². The van der Waals surface area contributed by atoms with Gasteiger partial charge in [-0.2, -0.15) is 5.26 Å². The average molecular weight is 321 g/mol. The summed E-state index contributed by atoms with van der Waals surface area (Å²) in [6.45, 7) is 0.484. The smallest absolute Gasteiger partial charge is 0.262 e. The van der Waals surface area contributed by atoms with Crippen LogP contribution in [0.2, 0.25) is 0 Å². The Labute approximate surface area is 137 Å². The fourth-order valence-corrected chi connectivity index (χ4v) is 4.39. The van der Waals surface area contributed by atoms with Crippen LogP contribution in [0.1, 0.15) is 34.4 Å². The lowest BCUT2D eigenvalue weighted by molar-refractivity contribution is 0.697. The molecule has 0 bridgehead atoms. The van der Waals surface area contributed by atoms with E-state index in [4.69, 9.17) is 5.26 Å². The van der Waals surface area contributed by atoms with E-state index in [0.717, 1.165) is 35.0 Å². The van der Waals surface area contributed by atoms with Gasteiger partial charge in [0.1, 0.15) is 4.83 Å². The number of aryl methyl sites for hydroxylation is 2. The quantitative estimate of drug-likeness (QED) is 0.728. The van der Waals surface area contributed by atoms with Crippen molar-refractivity contribution >= 4 is 21.6 Å². The highest BCUT2D eigenvalue weighted by Crippen LogP contribution is 2.33. The maximum absolute atomic E-state index is 12.9. The van der Waals surface area contributed by atoms with E-state index in [9.17, 15) is 4.79 Å². The van der Waals surface area contributed by atoms with Crippen molar-refractivity contribution in [2.24, 2.45) is 0 Å². The van der Waals surface area contributed by atoms with Gasteiger partial charge < -0.3 is 0 Å². The first-order valence-corrected chi connectivity index (χ1v) is 8.56. The van der Waals surface area contributed by atoms with Crippen LogP contribution < -0.4 is 5.56 Å². The molecule has 0 aliphatic heterocycles. The van der Waals surface area contributed by atoms with Crippen molar-refractivity contribution in [2.45, 2.75) is 32.2 Å². The van der Waals surface area contributed by atoms with Crippen LogP contribution in [0.15, 0.2) is 35.4 Å². The van der Waals surface area contributed by atoms with E-state index < -0.39 is 0 Å². The molecule has 1 aliphatic rings. The van der Waals surface area contributed by atoms with E-state index in [2.05, 4.69) is 11.1 Å². The zero-order valence-corrected chi connectivity index (χ0v) is 13.4. The number of hydrogen-bond donors (Lipinski definition) is 0. The van der Waals surface area contributed by atoms with Gasteiger partial charge in [0.05, 0.1) is 29.9 Å². The molecule has 0 radical (unpaired) electrons. The van der Waals surface area contributed by atoms with Gasteiger partial charge in [0, 0.05) is 4.88 Å². The Hall–Kier alpha value is -2.45. The SMILES string of the molecule is N#Cc1ccc(Cn2cnc3sc4c(c3c2=O)CCCC4)cc1. The molecule has 1 aromatic carbocycles. The van der Waals surface area contributed by atoms with Gasteiger partial charge in [-0.3, -0.25) is 9.36 Å². The van der Waals surface area contributed by atoms with E-state index >= 15 is 0 Å². The Morgan fingerprint density at radius 1 is 1.22 bits per heavy atom. The maximum atomic E-state index is 12.9. The van der Waals surface area contributed by atoms with Crippen molar-refractivity contribution in [1.29, 1.82) is 5.26 Å². The highest BCUT2D eigenvalue weighted by molar-refractivity contribution is 7.18. The molecule has 4 rings (SSSR count). The summed E-state index contributed by atoms with van der Waals surface area (Å²) in [5.41, 5.74) is 2.90. The van der Waals surface area contributed by atoms with Gasteiger partial charge >= 0.3 is 0 Å². The van der Waals surface area contributed by atoms with Crippen molar-refractivity contribution in [3.8, 4) is 6.07 Å². The van der Waals surface area contributed by atoms with Gasteiger partial charge in [-0.25, -0.2) is 4.98 Å². The lowest BCUT2D eigenvalue weighted by Gasteiger charge is -2.10. The molecule has 23 heavy (non-hydrogen) atoms. The molecule has 0 fully saturated rings. The number of fused-ring (bicyclic) bond motifs is 3. The molecule has 1 aliphatic carbocycles. The van der Waals surface area contributed by atoms with Crippen LogP contribution in [-0.4, -0.2) is 9.55 Å². The first-order valence-electron chi connectivity index (χ1n) is 7.75. The maximum Gasteiger partial charge on any atom is 0.262 e. The lowest BCUT2D eigenvalue weighted by Crippen LogP contribution is -2.21. The highest BCUT2D eigenvalue weighted by Gasteiger charge is 2.19. The van der Waals surface area contributed by atoms with E-state index in [1.165, 1.54) is 16.9 Å². The van der Waals surface area contributed by atoms with Crippen LogP contribution in [0.3, 0.4) is 0 Å². The summed E-state index contributed by atoms with van der Waals surface area (Å²) in [7, 11) is 0. The summed E-state index contributed by atoms with van der Waals surface area (Å²) in [5, 5.41) is 9.68. The Morgan fingerprint density at radius 2 is 2.00 bits per heavy atom. The molecule has 0 unspecified atom stereocenters. The van der Waals surface area contributed by atoms with Crippen molar-refractivity contribution in [2.75, 3.05) is 0 Å². The minimum atomic E-state index is 0.0544. The molecule has 5 heteroatoms. The fraction of sp³-hybridized carbons (Fsp3) is 0.278. The number of rotatable bonds is 2. The number of thiophene rings is 1. The van der Waals surface area contributed by atoms with Crippen molar-refractivity contribution in [3.63, 3.8) is 0 Å². The van der Waals surface area contributed by atoms with Gasteiger partial charge in [0.2, 0.25) is 0 Å². The number of nitrogens with zero attached hydrogens (tertiary/aromatic N) is 3. The third-order valence-electron chi connectivity index (χ3n) is 4.38. The topological polar surface area (TPSA) is 58.7 Å². The predicted molar refractivity (Wildman–Crippen MR) is 90.8 cm³/mol. The second kappa shape index (κ2) is 5.64. The van der Waals surface area contributed by atoms with Crippen molar-refractivity contribution in [1.82, 2.24) is 9.55 Å².